The molecule has 4 heteroatoms. The maximum absolute atomic E-state index is 12.1. The highest BCUT2D eigenvalue weighted by molar-refractivity contribution is 5.95. The number of rotatable bonds is 6. The summed E-state index contributed by atoms with van der Waals surface area (Å²) in [6.45, 7) is 10.8. The molecule has 1 aromatic rings. The zero-order chi connectivity index (χ0) is 16.0. The monoisotopic (exact) mass is 292 g/mol. The van der Waals surface area contributed by atoms with Crippen LogP contribution in [0.2, 0.25) is 0 Å². The van der Waals surface area contributed by atoms with Gasteiger partial charge in [0.1, 0.15) is 5.75 Å². The highest BCUT2D eigenvalue weighted by Crippen LogP contribution is 2.21. The van der Waals surface area contributed by atoms with E-state index in [2.05, 4.69) is 19.2 Å². The molecule has 1 amide bonds. The first-order chi connectivity index (χ1) is 9.70. The van der Waals surface area contributed by atoms with Gasteiger partial charge in [0.15, 0.2) is 0 Å². The van der Waals surface area contributed by atoms with Crippen molar-refractivity contribution in [2.24, 2.45) is 17.1 Å². The lowest BCUT2D eigenvalue weighted by molar-refractivity contribution is -0.119. The Morgan fingerprint density at radius 3 is 2.57 bits per heavy atom. The molecule has 1 atom stereocenters. The van der Waals surface area contributed by atoms with Crippen molar-refractivity contribution >= 4 is 11.6 Å². The molecule has 21 heavy (non-hydrogen) atoms. The van der Waals surface area contributed by atoms with Crippen LogP contribution < -0.4 is 15.8 Å². The third-order valence-electron chi connectivity index (χ3n) is 3.28. The Morgan fingerprint density at radius 2 is 2.00 bits per heavy atom. The van der Waals surface area contributed by atoms with Crippen LogP contribution in [-0.4, -0.2) is 18.6 Å². The van der Waals surface area contributed by atoms with Crippen molar-refractivity contribution in [1.29, 1.82) is 0 Å². The summed E-state index contributed by atoms with van der Waals surface area (Å²) in [6.07, 6.45) is 1.01. The molecule has 4 nitrogen and oxygen atoms in total. The van der Waals surface area contributed by atoms with Gasteiger partial charge in [0.2, 0.25) is 5.91 Å². The topological polar surface area (TPSA) is 64.3 Å². The van der Waals surface area contributed by atoms with E-state index in [1.165, 1.54) is 0 Å². The molecule has 0 aliphatic rings. The largest absolute Gasteiger partial charge is 0.494 e. The van der Waals surface area contributed by atoms with Gasteiger partial charge in [-0.1, -0.05) is 40.7 Å². The number of benzene rings is 1. The summed E-state index contributed by atoms with van der Waals surface area (Å²) in [7, 11) is 0. The van der Waals surface area contributed by atoms with Gasteiger partial charge in [0.25, 0.3) is 0 Å². The van der Waals surface area contributed by atoms with Gasteiger partial charge >= 0.3 is 0 Å². The molecule has 0 aromatic heterocycles. The van der Waals surface area contributed by atoms with Crippen LogP contribution in [0.1, 0.15) is 41.0 Å². The first kappa shape index (κ1) is 17.5. The van der Waals surface area contributed by atoms with E-state index < -0.39 is 6.04 Å². The number of hydrogen-bond acceptors (Lipinski definition) is 3. The van der Waals surface area contributed by atoms with Crippen LogP contribution in [0.3, 0.4) is 0 Å². The molecule has 0 aliphatic heterocycles. The molecule has 0 aliphatic carbocycles. The minimum Gasteiger partial charge on any atom is -0.494 e. The summed E-state index contributed by atoms with van der Waals surface area (Å²) in [4.78, 5) is 12.1. The van der Waals surface area contributed by atoms with E-state index in [0.717, 1.165) is 12.2 Å². The minimum atomic E-state index is -0.553. The molecular formula is C17H28N2O2. The van der Waals surface area contributed by atoms with Crippen molar-refractivity contribution in [2.45, 2.75) is 47.1 Å². The van der Waals surface area contributed by atoms with Crippen LogP contribution in [-0.2, 0) is 4.79 Å². The Hall–Kier alpha value is -1.55. The zero-order valence-corrected chi connectivity index (χ0v) is 13.8. The van der Waals surface area contributed by atoms with Crippen LogP contribution >= 0.6 is 0 Å². The third kappa shape index (κ3) is 6.17. The molecule has 1 aromatic carbocycles. The second-order valence-corrected chi connectivity index (χ2v) is 6.89. The number of carbonyl (C=O) groups excluding carboxylic acids is 1. The first-order valence-corrected chi connectivity index (χ1v) is 7.49. The van der Waals surface area contributed by atoms with Gasteiger partial charge in [-0.25, -0.2) is 0 Å². The zero-order valence-electron chi connectivity index (χ0n) is 13.8. The molecular weight excluding hydrogens is 264 g/mol. The molecule has 0 bridgehead atoms. The number of hydrogen-bond donors (Lipinski definition) is 2. The second-order valence-electron chi connectivity index (χ2n) is 6.89. The summed E-state index contributed by atoms with van der Waals surface area (Å²) >= 11 is 0. The SMILES string of the molecule is CC(C)CCOc1cccc(NC(=O)[C@@H](N)C(C)(C)C)c1. The molecule has 118 valence electrons. The Morgan fingerprint density at radius 1 is 1.33 bits per heavy atom. The van der Waals surface area contributed by atoms with Crippen LogP contribution in [0.4, 0.5) is 5.69 Å². The van der Waals surface area contributed by atoms with Crippen molar-refractivity contribution in [3.8, 4) is 5.75 Å². The average Bonchev–Trinajstić information content (AvgIpc) is 2.36. The van der Waals surface area contributed by atoms with Gasteiger partial charge in [-0.2, -0.15) is 0 Å². The predicted octanol–water partition coefficient (Wildman–Crippen LogP) is 3.42. The van der Waals surface area contributed by atoms with Crippen LogP contribution in [0.25, 0.3) is 0 Å². The van der Waals surface area contributed by atoms with Crippen molar-refractivity contribution in [3.05, 3.63) is 24.3 Å². The lowest BCUT2D eigenvalue weighted by atomic mass is 9.87. The van der Waals surface area contributed by atoms with E-state index in [1.807, 2.05) is 45.0 Å². The van der Waals surface area contributed by atoms with E-state index in [4.69, 9.17) is 10.5 Å². The van der Waals surface area contributed by atoms with E-state index in [1.54, 1.807) is 0 Å². The van der Waals surface area contributed by atoms with Crippen molar-refractivity contribution in [2.75, 3.05) is 11.9 Å². The number of amides is 1. The first-order valence-electron chi connectivity index (χ1n) is 7.49. The Labute approximate surface area is 128 Å². The molecule has 0 saturated heterocycles. The molecule has 0 radical (unpaired) electrons. The number of nitrogens with two attached hydrogens (primary N) is 1. The lowest BCUT2D eigenvalue weighted by Crippen LogP contribution is -2.45. The predicted molar refractivity (Wildman–Crippen MR) is 87.5 cm³/mol. The van der Waals surface area contributed by atoms with Crippen LogP contribution in [0.5, 0.6) is 5.75 Å². The van der Waals surface area contributed by atoms with Gasteiger partial charge < -0.3 is 15.8 Å². The maximum atomic E-state index is 12.1. The highest BCUT2D eigenvalue weighted by atomic mass is 16.5. The molecule has 0 saturated carbocycles. The second kappa shape index (κ2) is 7.46. The third-order valence-corrected chi connectivity index (χ3v) is 3.28. The van der Waals surface area contributed by atoms with Crippen LogP contribution in [0.15, 0.2) is 24.3 Å². The van der Waals surface area contributed by atoms with E-state index >= 15 is 0 Å². The van der Waals surface area contributed by atoms with Crippen molar-refractivity contribution in [3.63, 3.8) is 0 Å². The Balaban J connectivity index is 2.62. The van der Waals surface area contributed by atoms with E-state index in [9.17, 15) is 4.79 Å². The average molecular weight is 292 g/mol. The van der Waals surface area contributed by atoms with Gasteiger partial charge in [0, 0.05) is 11.8 Å². The normalized spacial score (nSPS) is 13.1. The summed E-state index contributed by atoms with van der Waals surface area (Å²) < 4.78 is 5.68. The minimum absolute atomic E-state index is 0.179. The van der Waals surface area contributed by atoms with Gasteiger partial charge in [-0.05, 0) is 29.9 Å². The fourth-order valence-electron chi connectivity index (χ4n) is 1.69. The fraction of sp³-hybridized carbons (Fsp3) is 0.588. The highest BCUT2D eigenvalue weighted by Gasteiger charge is 2.27. The Bertz CT molecular complexity index is 464. The molecule has 0 spiro atoms. The molecule has 0 heterocycles. The quantitative estimate of drug-likeness (QED) is 0.844. The van der Waals surface area contributed by atoms with Gasteiger partial charge in [-0.3, -0.25) is 4.79 Å². The van der Waals surface area contributed by atoms with Crippen molar-refractivity contribution in [1.82, 2.24) is 0 Å². The number of ether oxygens (including phenoxy) is 1. The number of anilines is 1. The van der Waals surface area contributed by atoms with Gasteiger partial charge in [-0.15, -0.1) is 0 Å². The van der Waals surface area contributed by atoms with E-state index in [-0.39, 0.29) is 11.3 Å². The smallest absolute Gasteiger partial charge is 0.241 e. The molecule has 0 unspecified atom stereocenters. The van der Waals surface area contributed by atoms with E-state index in [0.29, 0.717) is 18.2 Å². The van der Waals surface area contributed by atoms with Crippen molar-refractivity contribution < 1.29 is 9.53 Å². The fourth-order valence-corrected chi connectivity index (χ4v) is 1.69. The van der Waals surface area contributed by atoms with Gasteiger partial charge in [0.05, 0.1) is 12.6 Å². The summed E-state index contributed by atoms with van der Waals surface area (Å²) in [5, 5.41) is 2.84. The summed E-state index contributed by atoms with van der Waals surface area (Å²) in [5.74, 6) is 1.19. The molecule has 3 N–H and O–H groups in total. The molecule has 0 fully saturated rings. The molecule has 1 rings (SSSR count). The summed E-state index contributed by atoms with van der Waals surface area (Å²) in [6, 6.07) is 6.86. The Kier molecular flexibility index (Phi) is 6.21. The number of nitrogens with one attached hydrogen (secondary N) is 1. The number of carbonyl (C=O) groups is 1. The standard InChI is InChI=1S/C17H28N2O2/c1-12(2)9-10-21-14-8-6-7-13(11-14)19-16(20)15(18)17(3,4)5/h6-8,11-12,15H,9-10,18H2,1-5H3,(H,19,20)/t15-/m1/s1. The lowest BCUT2D eigenvalue weighted by Gasteiger charge is -2.25. The van der Waals surface area contributed by atoms with Crippen LogP contribution in [0, 0.1) is 11.3 Å². The maximum Gasteiger partial charge on any atom is 0.241 e. The summed E-state index contributed by atoms with van der Waals surface area (Å²) in [5.41, 5.74) is 6.39.